The first kappa shape index (κ1) is 18.5. The first-order valence-corrected chi connectivity index (χ1v) is 8.42. The summed E-state index contributed by atoms with van der Waals surface area (Å²) in [5.74, 6) is 1.22. The van der Waals surface area contributed by atoms with Crippen LogP contribution < -0.4 is 9.47 Å². The van der Waals surface area contributed by atoms with E-state index in [1.54, 1.807) is 43.7 Å². The van der Waals surface area contributed by atoms with E-state index in [0.29, 0.717) is 34.3 Å². The minimum absolute atomic E-state index is 0.295. The number of halogens is 1. The first-order chi connectivity index (χ1) is 13.1. The van der Waals surface area contributed by atoms with Crippen LogP contribution in [0.25, 0.3) is 11.4 Å². The molecule has 3 aromatic rings. The number of nitrogens with one attached hydrogen (secondary N) is 1. The number of H-pyrrole nitrogens is 1. The van der Waals surface area contributed by atoms with E-state index in [1.807, 2.05) is 6.07 Å². The molecular weight excluding hydrogens is 367 g/mol. The quantitative estimate of drug-likeness (QED) is 0.377. The number of hydrogen-bond acceptors (Lipinski definition) is 5. The zero-order chi connectivity index (χ0) is 19.2. The lowest BCUT2D eigenvalue weighted by atomic mass is 10.2. The van der Waals surface area contributed by atoms with Gasteiger partial charge in [-0.15, -0.1) is 0 Å². The molecule has 0 amide bonds. The van der Waals surface area contributed by atoms with Crippen molar-refractivity contribution in [3.8, 4) is 22.9 Å². The monoisotopic (exact) mass is 384 g/mol. The molecule has 0 aliphatic heterocycles. The average Bonchev–Trinajstić information content (AvgIpc) is 3.05. The molecule has 6 nitrogen and oxygen atoms in total. The molecular formula is C19H17FN4O2S. The molecule has 3 rings (SSSR count). The molecule has 0 spiro atoms. The molecule has 138 valence electrons. The Hall–Kier alpha value is -3.26. The van der Waals surface area contributed by atoms with Crippen LogP contribution in [-0.4, -0.2) is 34.8 Å². The molecule has 8 heteroatoms. The maximum Gasteiger partial charge on any atom is 0.216 e. The van der Waals surface area contributed by atoms with Gasteiger partial charge in [-0.25, -0.2) is 9.49 Å². The van der Waals surface area contributed by atoms with Gasteiger partial charge in [0.15, 0.2) is 17.3 Å². The van der Waals surface area contributed by atoms with Gasteiger partial charge in [0.25, 0.3) is 0 Å². The fraction of sp³-hybridized carbons (Fsp3) is 0.105. The van der Waals surface area contributed by atoms with Crippen molar-refractivity contribution < 1.29 is 13.9 Å². The number of methoxy groups -OCH3 is 1. The topological polar surface area (TPSA) is 64.4 Å². The molecule has 0 aliphatic rings. The third kappa shape index (κ3) is 4.29. The third-order valence-corrected chi connectivity index (χ3v) is 3.86. The van der Waals surface area contributed by atoms with Gasteiger partial charge >= 0.3 is 0 Å². The molecule has 0 atom stereocenters. The van der Waals surface area contributed by atoms with Gasteiger partial charge in [-0.05, 0) is 48.1 Å². The normalized spacial score (nSPS) is 10.9. The lowest BCUT2D eigenvalue weighted by Crippen LogP contribution is -1.98. The van der Waals surface area contributed by atoms with Crippen LogP contribution in [0.1, 0.15) is 5.56 Å². The maximum absolute atomic E-state index is 13.5. The average molecular weight is 384 g/mol. The fourth-order valence-electron chi connectivity index (χ4n) is 2.37. The predicted molar refractivity (Wildman–Crippen MR) is 104 cm³/mol. The van der Waals surface area contributed by atoms with E-state index in [1.165, 1.54) is 16.8 Å². The Morgan fingerprint density at radius 1 is 1.30 bits per heavy atom. The van der Waals surface area contributed by atoms with Crippen molar-refractivity contribution in [2.45, 2.75) is 0 Å². The zero-order valence-electron chi connectivity index (χ0n) is 14.6. The standard InChI is InChI=1S/C19H17FN4O2S/c1-3-9-26-16-8-7-13(10-17(16)25-2)12-21-24-18(22-23-19(24)27)14-5-4-6-15(20)11-14/h3-8,10-12H,1,9H2,2H3,(H,23,27)/b21-12-. The molecule has 0 aliphatic carbocycles. The molecule has 0 radical (unpaired) electrons. The highest BCUT2D eigenvalue weighted by molar-refractivity contribution is 7.71. The highest BCUT2D eigenvalue weighted by atomic mass is 32.1. The van der Waals surface area contributed by atoms with Crippen molar-refractivity contribution >= 4 is 18.4 Å². The van der Waals surface area contributed by atoms with Gasteiger partial charge in [0, 0.05) is 5.56 Å². The van der Waals surface area contributed by atoms with Crippen LogP contribution in [0.2, 0.25) is 0 Å². The summed E-state index contributed by atoms with van der Waals surface area (Å²) in [5.41, 5.74) is 1.33. The third-order valence-electron chi connectivity index (χ3n) is 3.60. The van der Waals surface area contributed by atoms with Gasteiger partial charge in [-0.3, -0.25) is 0 Å². The molecule has 0 unspecified atom stereocenters. The van der Waals surface area contributed by atoms with Crippen molar-refractivity contribution in [1.82, 2.24) is 14.9 Å². The lowest BCUT2D eigenvalue weighted by Gasteiger charge is -2.09. The number of benzene rings is 2. The van der Waals surface area contributed by atoms with Crippen LogP contribution in [0.15, 0.2) is 60.2 Å². The number of ether oxygens (including phenoxy) is 2. The van der Waals surface area contributed by atoms with E-state index < -0.39 is 0 Å². The smallest absolute Gasteiger partial charge is 0.216 e. The highest BCUT2D eigenvalue weighted by Gasteiger charge is 2.09. The Morgan fingerprint density at radius 2 is 2.15 bits per heavy atom. The fourth-order valence-corrected chi connectivity index (χ4v) is 2.55. The van der Waals surface area contributed by atoms with E-state index in [9.17, 15) is 4.39 Å². The summed E-state index contributed by atoms with van der Waals surface area (Å²) < 4.78 is 26.1. The van der Waals surface area contributed by atoms with Gasteiger partial charge in [-0.2, -0.15) is 14.9 Å². The van der Waals surface area contributed by atoms with Gasteiger partial charge in [0.1, 0.15) is 12.4 Å². The van der Waals surface area contributed by atoms with E-state index in [0.717, 1.165) is 5.56 Å². The second kappa shape index (κ2) is 8.41. The van der Waals surface area contributed by atoms with E-state index in [-0.39, 0.29) is 5.82 Å². The summed E-state index contributed by atoms with van der Waals surface area (Å²) in [5, 5.41) is 11.2. The van der Waals surface area contributed by atoms with Crippen LogP contribution in [-0.2, 0) is 0 Å². The molecule has 2 aromatic carbocycles. The Morgan fingerprint density at radius 3 is 2.89 bits per heavy atom. The summed E-state index contributed by atoms with van der Waals surface area (Å²) in [7, 11) is 1.56. The van der Waals surface area contributed by atoms with Crippen molar-refractivity contribution in [2.24, 2.45) is 5.10 Å². The van der Waals surface area contributed by atoms with Gasteiger partial charge < -0.3 is 9.47 Å². The number of nitrogens with zero attached hydrogens (tertiary/aromatic N) is 3. The lowest BCUT2D eigenvalue weighted by molar-refractivity contribution is 0.326. The van der Waals surface area contributed by atoms with Crippen molar-refractivity contribution in [1.29, 1.82) is 0 Å². The van der Waals surface area contributed by atoms with Gasteiger partial charge in [0.2, 0.25) is 4.77 Å². The number of rotatable bonds is 7. The summed E-state index contributed by atoms with van der Waals surface area (Å²) in [4.78, 5) is 0. The molecule has 1 heterocycles. The minimum Gasteiger partial charge on any atom is -0.493 e. The molecule has 1 aromatic heterocycles. The Bertz CT molecular complexity index is 1040. The van der Waals surface area contributed by atoms with Crippen LogP contribution >= 0.6 is 12.2 Å². The second-order valence-electron chi connectivity index (χ2n) is 5.43. The molecule has 27 heavy (non-hydrogen) atoms. The Labute approximate surface area is 160 Å². The predicted octanol–water partition coefficient (Wildman–Crippen LogP) is 4.20. The van der Waals surface area contributed by atoms with Crippen LogP contribution in [0, 0.1) is 10.6 Å². The molecule has 0 bridgehead atoms. The number of aromatic nitrogens is 3. The Kier molecular flexibility index (Phi) is 5.77. The SMILES string of the molecule is C=CCOc1ccc(/C=N\n2c(-c3cccc(F)c3)n[nH]c2=S)cc1OC. The van der Waals surface area contributed by atoms with E-state index in [2.05, 4.69) is 21.9 Å². The second-order valence-corrected chi connectivity index (χ2v) is 5.82. The van der Waals surface area contributed by atoms with Crippen LogP contribution in [0.4, 0.5) is 4.39 Å². The minimum atomic E-state index is -0.364. The zero-order valence-corrected chi connectivity index (χ0v) is 15.4. The summed E-state index contributed by atoms with van der Waals surface area (Å²) in [6.07, 6.45) is 3.26. The first-order valence-electron chi connectivity index (χ1n) is 8.02. The van der Waals surface area contributed by atoms with E-state index in [4.69, 9.17) is 21.7 Å². The highest BCUT2D eigenvalue weighted by Crippen LogP contribution is 2.27. The van der Waals surface area contributed by atoms with E-state index >= 15 is 0 Å². The van der Waals surface area contributed by atoms with Crippen LogP contribution in [0.5, 0.6) is 11.5 Å². The summed E-state index contributed by atoms with van der Waals surface area (Å²) in [6.45, 7) is 4.00. The van der Waals surface area contributed by atoms with Gasteiger partial charge in [0.05, 0.1) is 13.3 Å². The molecule has 0 saturated carbocycles. The molecule has 0 fully saturated rings. The summed E-state index contributed by atoms with van der Waals surface area (Å²) in [6, 6.07) is 11.5. The summed E-state index contributed by atoms with van der Waals surface area (Å²) >= 11 is 5.22. The van der Waals surface area contributed by atoms with Crippen LogP contribution in [0.3, 0.4) is 0 Å². The van der Waals surface area contributed by atoms with Gasteiger partial charge in [-0.1, -0.05) is 24.8 Å². The largest absolute Gasteiger partial charge is 0.493 e. The molecule has 1 N–H and O–H groups in total. The maximum atomic E-state index is 13.5. The molecule has 0 saturated heterocycles. The Balaban J connectivity index is 1.92. The number of hydrogen-bond donors (Lipinski definition) is 1. The number of aromatic amines is 1. The van der Waals surface area contributed by atoms with Crippen molar-refractivity contribution in [3.05, 3.63) is 71.3 Å². The van der Waals surface area contributed by atoms with Crippen molar-refractivity contribution in [3.63, 3.8) is 0 Å². The van der Waals surface area contributed by atoms with Crippen molar-refractivity contribution in [2.75, 3.05) is 13.7 Å².